The first kappa shape index (κ1) is 10.5. The number of aromatic nitrogens is 2. The van der Waals surface area contributed by atoms with Crippen LogP contribution in [0, 0.1) is 12.8 Å². The Bertz CT molecular complexity index is 323. The molecule has 2 heterocycles. The smallest absolute Gasteiger partial charge is 0.126 e. The van der Waals surface area contributed by atoms with Gasteiger partial charge in [0, 0.05) is 26.2 Å². The standard InChI is InChI=1S/C11H20N4/c1-9-7-11(14(2)13-9)15-5-3-10(8-12)4-6-15/h7,10H,3-6,8,12H2,1-2H3. The van der Waals surface area contributed by atoms with Crippen molar-refractivity contribution in [3.63, 3.8) is 0 Å². The van der Waals surface area contributed by atoms with Crippen LogP contribution in [-0.2, 0) is 7.05 Å². The third-order valence-electron chi connectivity index (χ3n) is 3.25. The highest BCUT2D eigenvalue weighted by Crippen LogP contribution is 2.22. The average Bonchev–Trinajstić information content (AvgIpc) is 2.58. The highest BCUT2D eigenvalue weighted by atomic mass is 15.4. The molecule has 1 fully saturated rings. The molecule has 4 heteroatoms. The van der Waals surface area contributed by atoms with E-state index in [0.717, 1.165) is 31.2 Å². The Hall–Kier alpha value is -1.03. The first-order chi connectivity index (χ1) is 7.20. The summed E-state index contributed by atoms with van der Waals surface area (Å²) in [6.07, 6.45) is 2.42. The van der Waals surface area contributed by atoms with Crippen LogP contribution in [-0.4, -0.2) is 29.4 Å². The van der Waals surface area contributed by atoms with Gasteiger partial charge in [0.1, 0.15) is 5.82 Å². The third-order valence-corrected chi connectivity index (χ3v) is 3.25. The Morgan fingerprint density at radius 1 is 1.47 bits per heavy atom. The summed E-state index contributed by atoms with van der Waals surface area (Å²) in [5.74, 6) is 1.96. The number of rotatable bonds is 2. The van der Waals surface area contributed by atoms with Crippen LogP contribution in [0.1, 0.15) is 18.5 Å². The van der Waals surface area contributed by atoms with Crippen LogP contribution in [0.5, 0.6) is 0 Å². The predicted octanol–water partition coefficient (Wildman–Crippen LogP) is 0.904. The van der Waals surface area contributed by atoms with Crippen molar-refractivity contribution in [3.8, 4) is 0 Å². The molecule has 1 aromatic heterocycles. The summed E-state index contributed by atoms with van der Waals surface area (Å²) in [6.45, 7) is 5.09. The van der Waals surface area contributed by atoms with Crippen LogP contribution >= 0.6 is 0 Å². The predicted molar refractivity (Wildman–Crippen MR) is 61.9 cm³/mol. The second kappa shape index (κ2) is 4.23. The third kappa shape index (κ3) is 2.15. The van der Waals surface area contributed by atoms with Crippen LogP contribution < -0.4 is 10.6 Å². The molecule has 0 aromatic carbocycles. The maximum Gasteiger partial charge on any atom is 0.126 e. The van der Waals surface area contributed by atoms with Gasteiger partial charge in [0.15, 0.2) is 0 Å². The van der Waals surface area contributed by atoms with E-state index in [1.54, 1.807) is 0 Å². The van der Waals surface area contributed by atoms with Crippen molar-refractivity contribution in [2.45, 2.75) is 19.8 Å². The second-order valence-corrected chi connectivity index (χ2v) is 4.43. The van der Waals surface area contributed by atoms with Crippen molar-refractivity contribution < 1.29 is 0 Å². The average molecular weight is 208 g/mol. The number of piperidine rings is 1. The summed E-state index contributed by atoms with van der Waals surface area (Å²) >= 11 is 0. The first-order valence-electron chi connectivity index (χ1n) is 5.66. The highest BCUT2D eigenvalue weighted by Gasteiger charge is 2.20. The van der Waals surface area contributed by atoms with E-state index in [0.29, 0.717) is 0 Å². The number of hydrogen-bond donors (Lipinski definition) is 1. The summed E-state index contributed by atoms with van der Waals surface area (Å²) in [5.41, 5.74) is 6.78. The molecule has 0 unspecified atom stereocenters. The van der Waals surface area contributed by atoms with Gasteiger partial charge in [-0.05, 0) is 32.2 Å². The largest absolute Gasteiger partial charge is 0.357 e. The van der Waals surface area contributed by atoms with E-state index in [2.05, 4.69) is 16.1 Å². The molecule has 1 aliphatic rings. The Morgan fingerprint density at radius 2 is 2.13 bits per heavy atom. The van der Waals surface area contributed by atoms with Crippen molar-refractivity contribution >= 4 is 5.82 Å². The molecule has 15 heavy (non-hydrogen) atoms. The fraction of sp³-hybridized carbons (Fsp3) is 0.727. The van der Waals surface area contributed by atoms with Crippen LogP contribution in [0.2, 0.25) is 0 Å². The van der Waals surface area contributed by atoms with E-state index in [4.69, 9.17) is 5.73 Å². The molecule has 0 aliphatic carbocycles. The summed E-state index contributed by atoms with van der Waals surface area (Å²) < 4.78 is 1.97. The van der Waals surface area contributed by atoms with Gasteiger partial charge in [-0.3, -0.25) is 4.68 Å². The van der Waals surface area contributed by atoms with Gasteiger partial charge >= 0.3 is 0 Å². The molecule has 0 saturated carbocycles. The Morgan fingerprint density at radius 3 is 2.60 bits per heavy atom. The lowest BCUT2D eigenvalue weighted by molar-refractivity contribution is 0.410. The molecule has 0 atom stereocenters. The molecule has 1 aliphatic heterocycles. The summed E-state index contributed by atoms with van der Waals surface area (Å²) in [4.78, 5) is 2.41. The zero-order valence-electron chi connectivity index (χ0n) is 9.61. The van der Waals surface area contributed by atoms with Crippen molar-refractivity contribution in [1.29, 1.82) is 0 Å². The van der Waals surface area contributed by atoms with Crippen LogP contribution in [0.15, 0.2) is 6.07 Å². The monoisotopic (exact) mass is 208 g/mol. The van der Waals surface area contributed by atoms with Gasteiger partial charge in [-0.1, -0.05) is 0 Å². The van der Waals surface area contributed by atoms with E-state index in [-0.39, 0.29) is 0 Å². The fourth-order valence-electron chi connectivity index (χ4n) is 2.29. The lowest BCUT2D eigenvalue weighted by Crippen LogP contribution is -2.37. The summed E-state index contributed by atoms with van der Waals surface area (Å²) in [5, 5.41) is 4.38. The number of aryl methyl sites for hydroxylation is 2. The molecular formula is C11H20N4. The normalized spacial score (nSPS) is 18.5. The number of anilines is 1. The molecule has 2 N–H and O–H groups in total. The van der Waals surface area contributed by atoms with Crippen LogP contribution in [0.4, 0.5) is 5.82 Å². The SMILES string of the molecule is Cc1cc(N2CCC(CN)CC2)n(C)n1. The molecule has 84 valence electrons. The molecule has 0 radical (unpaired) electrons. The maximum absolute atomic E-state index is 5.69. The number of nitrogens with two attached hydrogens (primary N) is 1. The first-order valence-corrected chi connectivity index (χ1v) is 5.66. The van der Waals surface area contributed by atoms with E-state index in [1.807, 2.05) is 18.7 Å². The van der Waals surface area contributed by atoms with E-state index >= 15 is 0 Å². The van der Waals surface area contributed by atoms with Gasteiger partial charge in [0.25, 0.3) is 0 Å². The van der Waals surface area contributed by atoms with Gasteiger partial charge in [-0.2, -0.15) is 5.10 Å². The topological polar surface area (TPSA) is 47.1 Å². The molecule has 0 amide bonds. The zero-order chi connectivity index (χ0) is 10.8. The molecule has 0 spiro atoms. The fourth-order valence-corrected chi connectivity index (χ4v) is 2.29. The lowest BCUT2D eigenvalue weighted by atomic mass is 9.97. The lowest BCUT2D eigenvalue weighted by Gasteiger charge is -2.32. The van der Waals surface area contributed by atoms with Gasteiger partial charge in [-0.15, -0.1) is 0 Å². The molecule has 1 aromatic rings. The van der Waals surface area contributed by atoms with Crippen LogP contribution in [0.3, 0.4) is 0 Å². The van der Waals surface area contributed by atoms with Crippen LogP contribution in [0.25, 0.3) is 0 Å². The minimum atomic E-state index is 0.718. The highest BCUT2D eigenvalue weighted by molar-refractivity contribution is 5.40. The molecule has 4 nitrogen and oxygen atoms in total. The van der Waals surface area contributed by atoms with Gasteiger partial charge in [0.2, 0.25) is 0 Å². The number of nitrogens with zero attached hydrogens (tertiary/aromatic N) is 3. The van der Waals surface area contributed by atoms with E-state index in [1.165, 1.54) is 18.7 Å². The van der Waals surface area contributed by atoms with Gasteiger partial charge in [0.05, 0.1) is 5.69 Å². The summed E-state index contributed by atoms with van der Waals surface area (Å²) in [6, 6.07) is 2.16. The van der Waals surface area contributed by atoms with Gasteiger partial charge < -0.3 is 10.6 Å². The Kier molecular flexibility index (Phi) is 2.95. The van der Waals surface area contributed by atoms with E-state index < -0.39 is 0 Å². The molecule has 1 saturated heterocycles. The molecular weight excluding hydrogens is 188 g/mol. The maximum atomic E-state index is 5.69. The van der Waals surface area contributed by atoms with Gasteiger partial charge in [-0.25, -0.2) is 0 Å². The van der Waals surface area contributed by atoms with Crippen molar-refractivity contribution in [3.05, 3.63) is 11.8 Å². The zero-order valence-corrected chi connectivity index (χ0v) is 9.61. The van der Waals surface area contributed by atoms with Crippen molar-refractivity contribution in [1.82, 2.24) is 9.78 Å². The molecule has 2 rings (SSSR count). The van der Waals surface area contributed by atoms with Crippen molar-refractivity contribution in [2.24, 2.45) is 18.7 Å². The minimum Gasteiger partial charge on any atom is -0.357 e. The Balaban J connectivity index is 2.04. The summed E-state index contributed by atoms with van der Waals surface area (Å²) in [7, 11) is 2.01. The van der Waals surface area contributed by atoms with Crippen molar-refractivity contribution in [2.75, 3.05) is 24.5 Å². The Labute approximate surface area is 91.1 Å². The second-order valence-electron chi connectivity index (χ2n) is 4.43. The quantitative estimate of drug-likeness (QED) is 0.785. The number of hydrogen-bond acceptors (Lipinski definition) is 3. The molecule has 0 bridgehead atoms. The van der Waals surface area contributed by atoms with E-state index in [9.17, 15) is 0 Å². The minimum absolute atomic E-state index is 0.718.